The maximum absolute atomic E-state index is 5.46. The van der Waals surface area contributed by atoms with Gasteiger partial charge in [-0.1, -0.05) is 12.1 Å². The second kappa shape index (κ2) is 3.27. The van der Waals surface area contributed by atoms with Crippen LogP contribution in [-0.4, -0.2) is 4.98 Å². The molecule has 0 aliphatic carbocycles. The Morgan fingerprint density at radius 3 is 2.57 bits per heavy atom. The fraction of sp³-hybridized carbons (Fsp3) is 0.182. The van der Waals surface area contributed by atoms with Crippen LogP contribution in [0.5, 0.6) is 0 Å². The summed E-state index contributed by atoms with van der Waals surface area (Å²) in [7, 11) is 0. The van der Waals surface area contributed by atoms with Crippen LogP contribution in [0.1, 0.15) is 11.1 Å². The first-order chi connectivity index (χ1) is 6.74. The molecule has 3 heteroatoms. The summed E-state index contributed by atoms with van der Waals surface area (Å²) in [6.45, 7) is 4.11. The van der Waals surface area contributed by atoms with E-state index in [-0.39, 0.29) is 0 Å². The molecule has 0 unspecified atom stereocenters. The minimum absolute atomic E-state index is 0.927. The number of hydrogen-bond donors (Lipinski definition) is 2. The lowest BCUT2D eigenvalue weighted by atomic mass is 10.0. The van der Waals surface area contributed by atoms with E-state index in [1.165, 1.54) is 11.1 Å². The third-order valence-corrected chi connectivity index (χ3v) is 2.46. The Kier molecular flexibility index (Phi) is 2.09. The van der Waals surface area contributed by atoms with E-state index in [0.717, 1.165) is 16.6 Å². The zero-order valence-electron chi connectivity index (χ0n) is 8.33. The van der Waals surface area contributed by atoms with Gasteiger partial charge < -0.3 is 5.43 Å². The molecule has 3 N–H and O–H groups in total. The van der Waals surface area contributed by atoms with E-state index in [9.17, 15) is 0 Å². The van der Waals surface area contributed by atoms with Crippen molar-refractivity contribution in [1.29, 1.82) is 0 Å². The quantitative estimate of drug-likeness (QED) is 0.531. The zero-order valence-corrected chi connectivity index (χ0v) is 8.33. The normalized spacial score (nSPS) is 10.5. The van der Waals surface area contributed by atoms with Gasteiger partial charge in [0, 0.05) is 11.6 Å². The maximum Gasteiger partial charge on any atom is 0.0755 e. The van der Waals surface area contributed by atoms with Gasteiger partial charge in [-0.25, -0.2) is 0 Å². The highest BCUT2D eigenvalue weighted by Gasteiger charge is 2.05. The highest BCUT2D eigenvalue weighted by molar-refractivity contribution is 5.95. The summed E-state index contributed by atoms with van der Waals surface area (Å²) < 4.78 is 0. The van der Waals surface area contributed by atoms with Crippen molar-refractivity contribution in [3.05, 3.63) is 35.5 Å². The minimum atomic E-state index is 0.927. The lowest BCUT2D eigenvalue weighted by molar-refractivity contribution is 1.30. The molecule has 2 rings (SSSR count). The van der Waals surface area contributed by atoms with Crippen LogP contribution >= 0.6 is 0 Å². The number of hydrazine groups is 1. The first kappa shape index (κ1) is 8.97. The third kappa shape index (κ3) is 1.22. The third-order valence-electron chi connectivity index (χ3n) is 2.46. The number of aryl methyl sites for hydroxylation is 2. The Labute approximate surface area is 82.9 Å². The number of aromatic nitrogens is 1. The van der Waals surface area contributed by atoms with Crippen LogP contribution in [-0.2, 0) is 0 Å². The van der Waals surface area contributed by atoms with Gasteiger partial charge in [0.1, 0.15) is 0 Å². The molecule has 0 saturated carbocycles. The van der Waals surface area contributed by atoms with E-state index in [2.05, 4.69) is 36.4 Å². The Morgan fingerprint density at radius 2 is 1.86 bits per heavy atom. The zero-order chi connectivity index (χ0) is 10.1. The summed E-state index contributed by atoms with van der Waals surface area (Å²) in [5.74, 6) is 5.46. The van der Waals surface area contributed by atoms with Gasteiger partial charge in [-0.05, 0) is 31.0 Å². The van der Waals surface area contributed by atoms with Crippen molar-refractivity contribution in [3.8, 4) is 0 Å². The highest BCUT2D eigenvalue weighted by atomic mass is 15.2. The number of nitrogens with two attached hydrogens (primary N) is 1. The van der Waals surface area contributed by atoms with E-state index in [0.29, 0.717) is 0 Å². The van der Waals surface area contributed by atoms with Crippen LogP contribution in [0.15, 0.2) is 24.4 Å². The highest BCUT2D eigenvalue weighted by Crippen LogP contribution is 2.26. The Bertz CT molecular complexity index is 477. The van der Waals surface area contributed by atoms with Gasteiger partial charge in [-0.3, -0.25) is 10.8 Å². The Hall–Kier alpha value is -1.61. The molecule has 0 bridgehead atoms. The molecule has 0 saturated heterocycles. The van der Waals surface area contributed by atoms with Crippen molar-refractivity contribution >= 4 is 16.6 Å². The molecule has 0 atom stereocenters. The second-order valence-corrected chi connectivity index (χ2v) is 3.43. The summed E-state index contributed by atoms with van der Waals surface area (Å²) in [6.07, 6.45) is 1.77. The number of benzene rings is 1. The largest absolute Gasteiger partial charge is 0.323 e. The molecule has 0 amide bonds. The van der Waals surface area contributed by atoms with Crippen LogP contribution < -0.4 is 11.3 Å². The van der Waals surface area contributed by atoms with E-state index in [1.54, 1.807) is 6.20 Å². The van der Waals surface area contributed by atoms with Gasteiger partial charge in [0.15, 0.2) is 0 Å². The SMILES string of the molecule is Cc1ccc(C)c2c(NN)ccnc12. The number of anilines is 1. The molecule has 0 radical (unpaired) electrons. The number of pyridine rings is 1. The van der Waals surface area contributed by atoms with E-state index < -0.39 is 0 Å². The number of nitrogens with zero attached hydrogens (tertiary/aromatic N) is 1. The summed E-state index contributed by atoms with van der Waals surface area (Å²) in [5.41, 5.74) is 7.00. The van der Waals surface area contributed by atoms with Crippen molar-refractivity contribution in [3.63, 3.8) is 0 Å². The molecule has 0 aliphatic rings. The van der Waals surface area contributed by atoms with Gasteiger partial charge in [0.2, 0.25) is 0 Å². The average molecular weight is 187 g/mol. The number of rotatable bonds is 1. The van der Waals surface area contributed by atoms with E-state index in [1.807, 2.05) is 6.07 Å². The number of fused-ring (bicyclic) bond motifs is 1. The molecule has 2 aromatic rings. The predicted molar refractivity (Wildman–Crippen MR) is 59.0 cm³/mol. The van der Waals surface area contributed by atoms with Crippen molar-refractivity contribution in [2.24, 2.45) is 5.84 Å². The van der Waals surface area contributed by atoms with Crippen LogP contribution in [0.2, 0.25) is 0 Å². The molecule has 1 aromatic heterocycles. The lowest BCUT2D eigenvalue weighted by Gasteiger charge is -2.09. The topological polar surface area (TPSA) is 50.9 Å². The van der Waals surface area contributed by atoms with Gasteiger partial charge in [0.05, 0.1) is 11.2 Å². The molecule has 1 heterocycles. The maximum atomic E-state index is 5.46. The molecule has 0 spiro atoms. The first-order valence-electron chi connectivity index (χ1n) is 4.55. The summed E-state index contributed by atoms with van der Waals surface area (Å²) in [6, 6.07) is 6.04. The van der Waals surface area contributed by atoms with Crippen molar-refractivity contribution in [1.82, 2.24) is 4.98 Å². The molecule has 3 nitrogen and oxygen atoms in total. The van der Waals surface area contributed by atoms with Crippen LogP contribution in [0.4, 0.5) is 5.69 Å². The Balaban J connectivity index is 2.92. The fourth-order valence-corrected chi connectivity index (χ4v) is 1.69. The Morgan fingerprint density at radius 1 is 1.14 bits per heavy atom. The molecule has 14 heavy (non-hydrogen) atoms. The lowest BCUT2D eigenvalue weighted by Crippen LogP contribution is -2.07. The molecular formula is C11H13N3. The van der Waals surface area contributed by atoms with Crippen molar-refractivity contribution < 1.29 is 0 Å². The molecule has 1 aromatic carbocycles. The van der Waals surface area contributed by atoms with E-state index in [4.69, 9.17) is 5.84 Å². The van der Waals surface area contributed by atoms with Crippen molar-refractivity contribution in [2.45, 2.75) is 13.8 Å². The summed E-state index contributed by atoms with van der Waals surface area (Å²) in [4.78, 5) is 4.35. The van der Waals surface area contributed by atoms with Crippen LogP contribution in [0.3, 0.4) is 0 Å². The van der Waals surface area contributed by atoms with Gasteiger partial charge in [0.25, 0.3) is 0 Å². The standard InChI is InChI=1S/C11H13N3/c1-7-3-4-8(2)11-10(7)9(14-12)5-6-13-11/h3-6H,12H2,1-2H3,(H,13,14). The number of nitrogen functional groups attached to an aromatic ring is 1. The minimum Gasteiger partial charge on any atom is -0.323 e. The molecule has 0 fully saturated rings. The second-order valence-electron chi connectivity index (χ2n) is 3.43. The monoisotopic (exact) mass is 187 g/mol. The number of nitrogens with one attached hydrogen (secondary N) is 1. The van der Waals surface area contributed by atoms with Gasteiger partial charge in [-0.2, -0.15) is 0 Å². The molecular weight excluding hydrogens is 174 g/mol. The summed E-state index contributed by atoms with van der Waals surface area (Å²) >= 11 is 0. The van der Waals surface area contributed by atoms with E-state index >= 15 is 0 Å². The van der Waals surface area contributed by atoms with Crippen molar-refractivity contribution in [2.75, 3.05) is 5.43 Å². The molecule has 72 valence electrons. The van der Waals surface area contributed by atoms with Crippen LogP contribution in [0, 0.1) is 13.8 Å². The molecule has 0 aliphatic heterocycles. The fourth-order valence-electron chi connectivity index (χ4n) is 1.69. The number of hydrogen-bond acceptors (Lipinski definition) is 3. The first-order valence-corrected chi connectivity index (χ1v) is 4.55. The smallest absolute Gasteiger partial charge is 0.0755 e. The summed E-state index contributed by atoms with van der Waals surface area (Å²) in [5, 5.41) is 1.11. The predicted octanol–water partition coefficient (Wildman–Crippen LogP) is 2.14. The van der Waals surface area contributed by atoms with Gasteiger partial charge >= 0.3 is 0 Å². The average Bonchev–Trinajstić information content (AvgIpc) is 2.23. The van der Waals surface area contributed by atoms with Gasteiger partial charge in [-0.15, -0.1) is 0 Å². The van der Waals surface area contributed by atoms with Crippen LogP contribution in [0.25, 0.3) is 10.9 Å².